The Morgan fingerprint density at radius 3 is 1.81 bits per heavy atom. The van der Waals surface area contributed by atoms with Crippen molar-refractivity contribution in [3.05, 3.63) is 191 Å². The van der Waals surface area contributed by atoms with Gasteiger partial charge in [-0.05, 0) is 151 Å². The third-order valence-electron chi connectivity index (χ3n) is 14.1. The maximum atomic E-state index is 12.5. The fourth-order valence-corrected chi connectivity index (χ4v) is 9.70. The summed E-state index contributed by atoms with van der Waals surface area (Å²) in [7, 11) is 0. The number of benzene rings is 7. The molecule has 0 unspecified atom stereocenters. The molecule has 0 fully saturated rings. The number of pyridine rings is 1. The summed E-state index contributed by atoms with van der Waals surface area (Å²) in [4.78, 5) is 10.7. The van der Waals surface area contributed by atoms with E-state index in [0.717, 1.165) is 89.2 Å². The van der Waals surface area contributed by atoms with Crippen molar-refractivity contribution in [3.8, 4) is 78.6 Å². The normalized spacial score (nSPS) is 12.6. The van der Waals surface area contributed by atoms with Gasteiger partial charge in [-0.15, -0.1) is 0 Å². The first-order valence-electron chi connectivity index (χ1n) is 25.5. The maximum absolute atomic E-state index is 12.5. The first-order valence-corrected chi connectivity index (χ1v) is 25.0. The molecule has 0 aliphatic rings. The third kappa shape index (κ3) is 9.37. The van der Waals surface area contributed by atoms with E-state index >= 15 is 0 Å². The molecule has 70 heavy (non-hydrogen) atoms. The number of imidazole rings is 1. The van der Waals surface area contributed by atoms with Crippen LogP contribution in [0.2, 0.25) is 0 Å². The van der Waals surface area contributed by atoms with Gasteiger partial charge in [-0.25, -0.2) is 4.98 Å². The van der Waals surface area contributed by atoms with Crippen molar-refractivity contribution in [2.45, 2.75) is 119 Å². The van der Waals surface area contributed by atoms with E-state index in [1.807, 2.05) is 20.0 Å². The SMILES string of the molecule is [2H]C(C)(C)c1ccc(-c2ccnc(-c3cc(-c4cccc5c4nc(-c4cc(C(C)C)cc(C(C)C)c4O)n5-c4cc(-c5ccccc5)c(C)cc4-c4ccc(C(C)(C)C)cc4)cc(C(C)(C)C)c3)c2)cc1. The Morgan fingerprint density at radius 2 is 1.17 bits per heavy atom. The Morgan fingerprint density at radius 1 is 0.514 bits per heavy atom. The monoisotopic (exact) mass is 921 g/mol. The van der Waals surface area contributed by atoms with E-state index in [1.54, 1.807) is 0 Å². The minimum atomic E-state index is -0.674. The Bertz CT molecular complexity index is 3410. The van der Waals surface area contributed by atoms with Crippen LogP contribution in [0.25, 0.3) is 83.9 Å². The van der Waals surface area contributed by atoms with Crippen molar-refractivity contribution in [2.75, 3.05) is 0 Å². The molecule has 1 N–H and O–H groups in total. The smallest absolute Gasteiger partial charge is 0.149 e. The second kappa shape index (κ2) is 18.7. The zero-order chi connectivity index (χ0) is 50.7. The van der Waals surface area contributed by atoms with Gasteiger partial charge < -0.3 is 5.11 Å². The molecule has 0 bridgehead atoms. The lowest BCUT2D eigenvalue weighted by atomic mass is 9.83. The molecule has 7 aromatic carbocycles. The van der Waals surface area contributed by atoms with E-state index in [4.69, 9.17) is 11.3 Å². The van der Waals surface area contributed by atoms with Crippen LogP contribution in [0.1, 0.15) is 136 Å². The Hall–Kier alpha value is -7.04. The van der Waals surface area contributed by atoms with Gasteiger partial charge in [-0.2, -0.15) is 0 Å². The molecule has 354 valence electrons. The van der Waals surface area contributed by atoms with Gasteiger partial charge in [-0.1, -0.05) is 186 Å². The number of aromatic hydroxyl groups is 1. The molecule has 0 radical (unpaired) electrons. The van der Waals surface area contributed by atoms with Crippen LogP contribution in [0.15, 0.2) is 158 Å². The highest BCUT2D eigenvalue weighted by atomic mass is 16.3. The molecule has 0 spiro atoms. The number of phenols is 1. The van der Waals surface area contributed by atoms with Crippen molar-refractivity contribution < 1.29 is 6.48 Å². The summed E-state index contributed by atoms with van der Waals surface area (Å²) in [6, 6.07) is 54.6. The molecule has 4 nitrogen and oxygen atoms in total. The van der Waals surface area contributed by atoms with E-state index in [0.29, 0.717) is 11.4 Å². The van der Waals surface area contributed by atoms with E-state index in [1.165, 1.54) is 16.7 Å². The fourth-order valence-electron chi connectivity index (χ4n) is 9.70. The lowest BCUT2D eigenvalue weighted by molar-refractivity contribution is 0.466. The van der Waals surface area contributed by atoms with Crippen LogP contribution in [0, 0.1) is 6.92 Å². The molecule has 9 aromatic rings. The van der Waals surface area contributed by atoms with Crippen LogP contribution < -0.4 is 0 Å². The van der Waals surface area contributed by atoms with Crippen LogP contribution in [-0.2, 0) is 10.8 Å². The first-order chi connectivity index (χ1) is 33.6. The minimum absolute atomic E-state index is 0.00131. The molecule has 9 rings (SSSR count). The Balaban J connectivity index is 1.34. The standard InChI is InChI=1S/C66H69N3O/c1-40(2)44-22-24-45(25-23-44)48-30-31-67-59(38-48)51-33-50(34-53(35-51)66(11,12)13)54-20-17-21-60-62(54)68-64(58-37-49(41(3)4)36-55(42(5)6)63(58)70)69(60)61-39-56(46-18-15-14-16-19-46)43(7)32-57(61)47-26-28-52(29-27-47)65(8,9)10/h14-42,70H,1-13H3/i40D. The van der Waals surface area contributed by atoms with Gasteiger partial charge in [0.15, 0.2) is 0 Å². The number of para-hydroxylation sites is 1. The molecular formula is C66H69N3O. The summed E-state index contributed by atoms with van der Waals surface area (Å²) in [6.45, 7) is 28.3. The fraction of sp³-hybridized carbons (Fsp3) is 0.273. The summed E-state index contributed by atoms with van der Waals surface area (Å²) in [5, 5.41) is 12.5. The third-order valence-corrected chi connectivity index (χ3v) is 14.1. The molecule has 0 aliphatic heterocycles. The second-order valence-electron chi connectivity index (χ2n) is 22.2. The summed E-state index contributed by atoms with van der Waals surface area (Å²) >= 11 is 0. The summed E-state index contributed by atoms with van der Waals surface area (Å²) in [5.41, 5.74) is 20.5. The van der Waals surface area contributed by atoms with Gasteiger partial charge in [-0.3, -0.25) is 9.55 Å². The Kier molecular flexibility index (Phi) is 12.5. The predicted octanol–water partition coefficient (Wildman–Crippen LogP) is 18.4. The molecule has 2 aromatic heterocycles. The molecule has 2 heterocycles. The summed E-state index contributed by atoms with van der Waals surface area (Å²) in [6.07, 6.45) is 1.90. The zero-order valence-electron chi connectivity index (χ0n) is 44.5. The second-order valence-corrected chi connectivity index (χ2v) is 22.2. The van der Waals surface area contributed by atoms with E-state index in [-0.39, 0.29) is 28.4 Å². The van der Waals surface area contributed by atoms with Gasteiger partial charge in [0.25, 0.3) is 0 Å². The van der Waals surface area contributed by atoms with Crippen LogP contribution in [-0.4, -0.2) is 19.6 Å². The summed E-state index contributed by atoms with van der Waals surface area (Å²) in [5.74, 6) is 0.581. The quantitative estimate of drug-likeness (QED) is 0.149. The van der Waals surface area contributed by atoms with Gasteiger partial charge in [0.1, 0.15) is 11.6 Å². The van der Waals surface area contributed by atoms with Crippen molar-refractivity contribution in [2.24, 2.45) is 0 Å². The lowest BCUT2D eigenvalue weighted by Gasteiger charge is -2.22. The van der Waals surface area contributed by atoms with Crippen LogP contribution in [0.5, 0.6) is 5.75 Å². The molecule has 0 saturated heterocycles. The van der Waals surface area contributed by atoms with E-state index < -0.39 is 5.89 Å². The highest BCUT2D eigenvalue weighted by Gasteiger charge is 2.27. The zero-order valence-corrected chi connectivity index (χ0v) is 43.5. The molecule has 4 heteroatoms. The van der Waals surface area contributed by atoms with Crippen molar-refractivity contribution in [1.29, 1.82) is 0 Å². The molecule has 0 amide bonds. The number of hydrogen-bond acceptors (Lipinski definition) is 3. The molecule has 0 aliphatic carbocycles. The average molecular weight is 921 g/mol. The van der Waals surface area contributed by atoms with Gasteiger partial charge in [0.05, 0.1) is 28.0 Å². The van der Waals surface area contributed by atoms with Gasteiger partial charge in [0.2, 0.25) is 0 Å². The van der Waals surface area contributed by atoms with Crippen molar-refractivity contribution in [3.63, 3.8) is 0 Å². The number of nitrogens with zero attached hydrogens (tertiary/aromatic N) is 3. The van der Waals surface area contributed by atoms with Crippen LogP contribution >= 0.6 is 0 Å². The Labute approximate surface area is 418 Å². The number of fused-ring (bicyclic) bond motifs is 1. The number of aromatic nitrogens is 3. The van der Waals surface area contributed by atoms with Gasteiger partial charge >= 0.3 is 0 Å². The number of hydrogen-bond donors (Lipinski definition) is 1. The summed E-state index contributed by atoms with van der Waals surface area (Å²) < 4.78 is 10.9. The number of aryl methyl sites for hydroxylation is 1. The molecule has 0 atom stereocenters. The molecule has 0 saturated carbocycles. The average Bonchev–Trinajstić information content (AvgIpc) is 3.72. The minimum Gasteiger partial charge on any atom is -0.507 e. The number of phenolic OH excluding ortho intramolecular Hbond substituents is 1. The largest absolute Gasteiger partial charge is 0.507 e. The van der Waals surface area contributed by atoms with E-state index in [9.17, 15) is 5.11 Å². The van der Waals surface area contributed by atoms with E-state index in [2.05, 4.69) is 232 Å². The van der Waals surface area contributed by atoms with Crippen LogP contribution in [0.4, 0.5) is 0 Å². The predicted molar refractivity (Wildman–Crippen MR) is 298 cm³/mol. The van der Waals surface area contributed by atoms with Crippen molar-refractivity contribution >= 4 is 11.0 Å². The van der Waals surface area contributed by atoms with Gasteiger partial charge in [0, 0.05) is 24.3 Å². The first kappa shape index (κ1) is 46.7. The topological polar surface area (TPSA) is 50.9 Å². The van der Waals surface area contributed by atoms with Crippen LogP contribution in [0.3, 0.4) is 0 Å². The maximum Gasteiger partial charge on any atom is 0.149 e. The number of rotatable bonds is 10. The highest BCUT2D eigenvalue weighted by Crippen LogP contribution is 2.46. The van der Waals surface area contributed by atoms with Crippen molar-refractivity contribution in [1.82, 2.24) is 14.5 Å². The highest BCUT2D eigenvalue weighted by molar-refractivity contribution is 5.98. The molecular weight excluding hydrogens is 851 g/mol. The lowest BCUT2D eigenvalue weighted by Crippen LogP contribution is -2.11.